The zero-order valence-corrected chi connectivity index (χ0v) is 19.7. The lowest BCUT2D eigenvalue weighted by atomic mass is 9.91. The molecule has 0 radical (unpaired) electrons. The van der Waals surface area contributed by atoms with Crippen LogP contribution < -0.4 is 20.1 Å². The number of ether oxygens (including phenoxy) is 3. The monoisotopic (exact) mass is 467 g/mol. The topological polar surface area (TPSA) is 89.1 Å². The molecule has 2 N–H and O–H groups in total. The van der Waals surface area contributed by atoms with Crippen LogP contribution in [0.5, 0.6) is 11.5 Å². The molecule has 8 nitrogen and oxygen atoms in total. The van der Waals surface area contributed by atoms with Gasteiger partial charge in [-0.3, -0.25) is 14.5 Å². The van der Waals surface area contributed by atoms with Gasteiger partial charge in [-0.05, 0) is 61.6 Å². The molecule has 2 aromatic carbocycles. The minimum atomic E-state index is -0.961. The molecule has 0 aromatic heterocycles. The smallest absolute Gasteiger partial charge is 0.253 e. The van der Waals surface area contributed by atoms with Crippen LogP contribution in [-0.4, -0.2) is 68.8 Å². The van der Waals surface area contributed by atoms with Gasteiger partial charge in [0.2, 0.25) is 5.91 Å². The van der Waals surface area contributed by atoms with Crippen LogP contribution in [0.4, 0.5) is 5.69 Å². The molecule has 0 aliphatic carbocycles. The van der Waals surface area contributed by atoms with Crippen molar-refractivity contribution in [2.75, 3.05) is 51.8 Å². The number of carbonyl (C=O) groups is 2. The predicted octanol–water partition coefficient (Wildman–Crippen LogP) is 2.63. The van der Waals surface area contributed by atoms with Crippen LogP contribution in [0.15, 0.2) is 48.5 Å². The highest BCUT2D eigenvalue weighted by atomic mass is 16.5. The number of nitrogens with zero attached hydrogens (tertiary/aromatic N) is 1. The number of para-hydroxylation sites is 1. The van der Waals surface area contributed by atoms with E-state index in [9.17, 15) is 9.59 Å². The zero-order valence-electron chi connectivity index (χ0n) is 19.7. The van der Waals surface area contributed by atoms with Gasteiger partial charge in [-0.25, -0.2) is 0 Å². The average molecular weight is 468 g/mol. The molecule has 0 saturated carbocycles. The molecule has 1 saturated heterocycles. The van der Waals surface area contributed by atoms with E-state index in [1.54, 1.807) is 31.4 Å². The van der Waals surface area contributed by atoms with Gasteiger partial charge < -0.3 is 24.8 Å². The van der Waals surface area contributed by atoms with Crippen molar-refractivity contribution >= 4 is 17.5 Å². The Labute approximate surface area is 200 Å². The fourth-order valence-electron chi connectivity index (χ4n) is 4.53. The van der Waals surface area contributed by atoms with Gasteiger partial charge in [0.05, 0.1) is 26.8 Å². The summed E-state index contributed by atoms with van der Waals surface area (Å²) >= 11 is 0. The predicted molar refractivity (Wildman–Crippen MR) is 129 cm³/mol. The van der Waals surface area contributed by atoms with Crippen LogP contribution in [0, 0.1) is 0 Å². The second kappa shape index (κ2) is 11.4. The summed E-state index contributed by atoms with van der Waals surface area (Å²) in [7, 11) is 1.60. The first-order valence-corrected chi connectivity index (χ1v) is 11.9. The summed E-state index contributed by atoms with van der Waals surface area (Å²) in [5, 5.41) is 5.90. The van der Waals surface area contributed by atoms with Crippen molar-refractivity contribution < 1.29 is 23.8 Å². The summed E-state index contributed by atoms with van der Waals surface area (Å²) in [6.07, 6.45) is 3.27. The highest BCUT2D eigenvalue weighted by Crippen LogP contribution is 2.27. The molecule has 182 valence electrons. The van der Waals surface area contributed by atoms with E-state index in [0.29, 0.717) is 45.0 Å². The van der Waals surface area contributed by atoms with E-state index in [0.717, 1.165) is 30.8 Å². The first-order valence-electron chi connectivity index (χ1n) is 11.9. The van der Waals surface area contributed by atoms with Gasteiger partial charge in [0.1, 0.15) is 18.1 Å². The largest absolute Gasteiger partial charge is 0.497 e. The van der Waals surface area contributed by atoms with E-state index >= 15 is 0 Å². The second-order valence-electron chi connectivity index (χ2n) is 8.75. The Bertz CT molecular complexity index is 981. The molecule has 2 aromatic rings. The number of fused-ring (bicyclic) bond motifs is 1. The molecule has 2 aliphatic rings. The number of carbonyl (C=O) groups excluding carboxylic acids is 2. The quantitative estimate of drug-likeness (QED) is 0.719. The molecule has 4 rings (SSSR count). The molecular formula is C26H33N3O5. The van der Waals surface area contributed by atoms with Crippen LogP contribution >= 0.6 is 0 Å². The highest BCUT2D eigenvalue weighted by molar-refractivity contribution is 5.92. The van der Waals surface area contributed by atoms with Gasteiger partial charge in [0, 0.05) is 18.8 Å². The number of aryl methyl sites for hydroxylation is 1. The molecule has 34 heavy (non-hydrogen) atoms. The minimum Gasteiger partial charge on any atom is -0.497 e. The number of amides is 2. The summed E-state index contributed by atoms with van der Waals surface area (Å²) in [5.74, 6) is 1.36. The average Bonchev–Trinajstić information content (AvgIpc) is 2.85. The first kappa shape index (κ1) is 24.0. The summed E-state index contributed by atoms with van der Waals surface area (Å²) in [4.78, 5) is 27.9. The van der Waals surface area contributed by atoms with E-state index in [2.05, 4.69) is 16.7 Å². The Kier molecular flexibility index (Phi) is 8.03. The van der Waals surface area contributed by atoms with Crippen molar-refractivity contribution in [2.45, 2.75) is 31.3 Å². The van der Waals surface area contributed by atoms with Gasteiger partial charge in [-0.1, -0.05) is 18.2 Å². The van der Waals surface area contributed by atoms with Crippen molar-refractivity contribution in [1.29, 1.82) is 0 Å². The number of hydrogen-bond donors (Lipinski definition) is 2. The molecule has 0 bridgehead atoms. The van der Waals surface area contributed by atoms with Crippen LogP contribution in [-0.2, 0) is 20.7 Å². The molecule has 2 aliphatic heterocycles. The molecule has 1 fully saturated rings. The molecule has 1 spiro atoms. The molecule has 2 amide bonds. The van der Waals surface area contributed by atoms with Crippen molar-refractivity contribution in [2.24, 2.45) is 0 Å². The number of methoxy groups -OCH3 is 1. The highest BCUT2D eigenvalue weighted by Gasteiger charge is 2.43. The van der Waals surface area contributed by atoms with Gasteiger partial charge in [0.15, 0.2) is 5.60 Å². The lowest BCUT2D eigenvalue weighted by Crippen LogP contribution is -2.61. The van der Waals surface area contributed by atoms with Crippen molar-refractivity contribution in [3.8, 4) is 11.5 Å². The summed E-state index contributed by atoms with van der Waals surface area (Å²) < 4.78 is 17.2. The molecule has 2 heterocycles. The zero-order chi connectivity index (χ0) is 23.8. The Hall–Kier alpha value is -3.10. The third-order valence-corrected chi connectivity index (χ3v) is 6.31. The van der Waals surface area contributed by atoms with E-state index in [-0.39, 0.29) is 18.4 Å². The fraction of sp³-hybridized carbons (Fsp3) is 0.462. The minimum absolute atomic E-state index is 0.124. The van der Waals surface area contributed by atoms with Crippen molar-refractivity contribution in [1.82, 2.24) is 10.2 Å². The van der Waals surface area contributed by atoms with Gasteiger partial charge in [-0.2, -0.15) is 0 Å². The Morgan fingerprint density at radius 2 is 1.97 bits per heavy atom. The van der Waals surface area contributed by atoms with Gasteiger partial charge >= 0.3 is 0 Å². The van der Waals surface area contributed by atoms with E-state index < -0.39 is 5.60 Å². The lowest BCUT2D eigenvalue weighted by molar-refractivity contribution is -0.163. The van der Waals surface area contributed by atoms with Crippen LogP contribution in [0.3, 0.4) is 0 Å². The summed E-state index contributed by atoms with van der Waals surface area (Å²) in [5.41, 5.74) is 0.930. The summed E-state index contributed by atoms with van der Waals surface area (Å²) in [6.45, 7) is 2.38. The van der Waals surface area contributed by atoms with E-state index in [4.69, 9.17) is 14.2 Å². The van der Waals surface area contributed by atoms with Crippen LogP contribution in [0.25, 0.3) is 0 Å². The number of hydrogen-bond acceptors (Lipinski definition) is 6. The second-order valence-corrected chi connectivity index (χ2v) is 8.75. The SMILES string of the molecule is COc1ccc(NC(=O)CN2CCOC3(CCCCc4ccccc4OCCNC3=O)C2)cc1. The summed E-state index contributed by atoms with van der Waals surface area (Å²) in [6, 6.07) is 15.3. The standard InChI is InChI=1S/C26H33N3O5/c1-32-22-11-9-21(10-12-22)28-24(30)18-29-15-17-34-26(19-29)13-5-4-7-20-6-2-3-8-23(20)33-16-14-27-25(26)31/h2-3,6,8-12H,4-5,7,13-19H2,1H3,(H,27,31)(H,28,30). The molecule has 1 atom stereocenters. The van der Waals surface area contributed by atoms with Crippen LogP contribution in [0.2, 0.25) is 0 Å². The molecule has 8 heteroatoms. The molecular weight excluding hydrogens is 434 g/mol. The maximum absolute atomic E-state index is 13.2. The fourth-order valence-corrected chi connectivity index (χ4v) is 4.53. The normalized spacial score (nSPS) is 21.9. The van der Waals surface area contributed by atoms with Crippen LogP contribution in [0.1, 0.15) is 24.8 Å². The van der Waals surface area contributed by atoms with E-state index in [1.807, 2.05) is 23.1 Å². The number of rotatable bonds is 4. The Balaban J connectivity index is 1.38. The van der Waals surface area contributed by atoms with Gasteiger partial charge in [-0.15, -0.1) is 0 Å². The van der Waals surface area contributed by atoms with Crippen molar-refractivity contribution in [3.63, 3.8) is 0 Å². The Morgan fingerprint density at radius 1 is 1.15 bits per heavy atom. The van der Waals surface area contributed by atoms with Crippen molar-refractivity contribution in [3.05, 3.63) is 54.1 Å². The number of nitrogens with one attached hydrogen (secondary N) is 2. The first-order chi connectivity index (χ1) is 16.6. The maximum atomic E-state index is 13.2. The number of anilines is 1. The number of benzene rings is 2. The van der Waals surface area contributed by atoms with Gasteiger partial charge in [0.25, 0.3) is 5.91 Å². The molecule has 1 unspecified atom stereocenters. The van der Waals surface area contributed by atoms with E-state index in [1.165, 1.54) is 5.56 Å². The third kappa shape index (κ3) is 6.07. The Morgan fingerprint density at radius 3 is 2.79 bits per heavy atom. The third-order valence-electron chi connectivity index (χ3n) is 6.31. The number of morpholine rings is 1. The maximum Gasteiger partial charge on any atom is 0.253 e. The lowest BCUT2D eigenvalue weighted by Gasteiger charge is -2.41.